The first-order chi connectivity index (χ1) is 12.5. The number of carbonyl (C=O) groups excluding carboxylic acids is 2. The molecule has 1 aliphatic heterocycles. The molecule has 0 saturated heterocycles. The maximum atomic E-state index is 13.0. The van der Waals surface area contributed by atoms with Gasteiger partial charge in [-0.2, -0.15) is 0 Å². The maximum absolute atomic E-state index is 13.0. The zero-order valence-electron chi connectivity index (χ0n) is 13.5. The van der Waals surface area contributed by atoms with Crippen LogP contribution < -0.4 is 14.8 Å². The van der Waals surface area contributed by atoms with Crippen LogP contribution in [-0.2, 0) is 9.53 Å². The molecule has 0 spiro atoms. The molecule has 8 heteroatoms. The molecule has 26 heavy (non-hydrogen) atoms. The van der Waals surface area contributed by atoms with Crippen molar-refractivity contribution in [3.05, 3.63) is 58.9 Å². The van der Waals surface area contributed by atoms with Gasteiger partial charge in [0.1, 0.15) is 18.5 Å². The molecule has 6 nitrogen and oxygen atoms in total. The van der Waals surface area contributed by atoms with E-state index in [-0.39, 0.29) is 23.2 Å². The number of para-hydroxylation sites is 2. The predicted octanol–water partition coefficient (Wildman–Crippen LogP) is 2.59. The molecule has 0 bridgehead atoms. The number of rotatable bonds is 5. The van der Waals surface area contributed by atoms with Gasteiger partial charge >= 0.3 is 5.97 Å². The van der Waals surface area contributed by atoms with E-state index in [1.165, 1.54) is 6.07 Å². The molecule has 0 aliphatic carbocycles. The Balaban J connectivity index is 1.44. The van der Waals surface area contributed by atoms with Gasteiger partial charge in [0.2, 0.25) is 0 Å². The fourth-order valence-electron chi connectivity index (χ4n) is 2.31. The number of ether oxygens (including phenoxy) is 3. The van der Waals surface area contributed by atoms with Crippen LogP contribution in [-0.4, -0.2) is 37.7 Å². The van der Waals surface area contributed by atoms with Crippen LogP contribution in [0, 0.1) is 5.82 Å². The van der Waals surface area contributed by atoms with Crippen molar-refractivity contribution in [2.24, 2.45) is 0 Å². The van der Waals surface area contributed by atoms with Gasteiger partial charge in [0, 0.05) is 0 Å². The van der Waals surface area contributed by atoms with E-state index in [0.717, 1.165) is 12.1 Å². The van der Waals surface area contributed by atoms with Crippen LogP contribution in [0.3, 0.4) is 0 Å². The van der Waals surface area contributed by atoms with Gasteiger partial charge in [0.25, 0.3) is 5.91 Å². The Labute approximate surface area is 153 Å². The lowest BCUT2D eigenvalue weighted by molar-refractivity contribution is -0.124. The molecule has 1 heterocycles. The lowest BCUT2D eigenvalue weighted by Gasteiger charge is -2.26. The van der Waals surface area contributed by atoms with Crippen LogP contribution in [0.4, 0.5) is 4.39 Å². The number of carbonyl (C=O) groups is 2. The van der Waals surface area contributed by atoms with Crippen molar-refractivity contribution in [2.75, 3.05) is 19.8 Å². The second kappa shape index (κ2) is 8.05. The third-order valence-corrected chi connectivity index (χ3v) is 3.89. The summed E-state index contributed by atoms with van der Waals surface area (Å²) in [6.45, 7) is 0.000986. The minimum absolute atomic E-state index is 0.0125. The SMILES string of the molecule is O=C(COC(=O)c1ccc(F)cc1Cl)NC[C@@H]1COc2ccccc2O1. The predicted molar refractivity (Wildman–Crippen MR) is 91.1 cm³/mol. The summed E-state index contributed by atoms with van der Waals surface area (Å²) in [5, 5.41) is 2.52. The quantitative estimate of drug-likeness (QED) is 0.808. The van der Waals surface area contributed by atoms with Gasteiger partial charge in [-0.25, -0.2) is 9.18 Å². The molecule has 0 aromatic heterocycles. The smallest absolute Gasteiger partial charge is 0.340 e. The van der Waals surface area contributed by atoms with Crippen LogP contribution in [0.5, 0.6) is 11.5 Å². The molecular weight excluding hydrogens is 365 g/mol. The fourth-order valence-corrected chi connectivity index (χ4v) is 2.55. The standard InChI is InChI=1S/C18H15ClFNO5/c19-14-7-11(20)5-6-13(14)18(23)25-10-17(22)21-8-12-9-24-15-3-1-2-4-16(15)26-12/h1-7,12H,8-10H2,(H,21,22)/t12-/m1/s1. The van der Waals surface area contributed by atoms with Gasteiger partial charge in [-0.15, -0.1) is 0 Å². The van der Waals surface area contributed by atoms with E-state index in [9.17, 15) is 14.0 Å². The van der Waals surface area contributed by atoms with E-state index in [0.29, 0.717) is 18.1 Å². The van der Waals surface area contributed by atoms with Gasteiger partial charge in [-0.05, 0) is 30.3 Å². The second-order valence-corrected chi connectivity index (χ2v) is 5.91. The Morgan fingerprint density at radius 3 is 2.77 bits per heavy atom. The highest BCUT2D eigenvalue weighted by Crippen LogP contribution is 2.30. The zero-order valence-corrected chi connectivity index (χ0v) is 14.3. The van der Waals surface area contributed by atoms with Crippen molar-refractivity contribution in [3.63, 3.8) is 0 Å². The first-order valence-electron chi connectivity index (χ1n) is 7.80. The summed E-state index contributed by atoms with van der Waals surface area (Å²) in [6, 6.07) is 10.5. The van der Waals surface area contributed by atoms with Crippen LogP contribution >= 0.6 is 11.6 Å². The number of nitrogens with one attached hydrogen (secondary N) is 1. The normalized spacial score (nSPS) is 15.2. The molecule has 1 atom stereocenters. The largest absolute Gasteiger partial charge is 0.486 e. The third kappa shape index (κ3) is 4.43. The van der Waals surface area contributed by atoms with Gasteiger partial charge in [-0.3, -0.25) is 4.79 Å². The molecule has 136 valence electrons. The molecule has 0 unspecified atom stereocenters. The van der Waals surface area contributed by atoms with Crippen LogP contribution in [0.2, 0.25) is 5.02 Å². The van der Waals surface area contributed by atoms with Crippen molar-refractivity contribution in [3.8, 4) is 11.5 Å². The highest BCUT2D eigenvalue weighted by molar-refractivity contribution is 6.33. The van der Waals surface area contributed by atoms with Crippen molar-refractivity contribution >= 4 is 23.5 Å². The number of hydrogen-bond acceptors (Lipinski definition) is 5. The number of halogens is 2. The van der Waals surface area contributed by atoms with E-state index in [1.807, 2.05) is 12.1 Å². The molecule has 1 N–H and O–H groups in total. The van der Waals surface area contributed by atoms with Crippen LogP contribution in [0.15, 0.2) is 42.5 Å². The van der Waals surface area contributed by atoms with Gasteiger partial charge in [-0.1, -0.05) is 23.7 Å². The first kappa shape index (κ1) is 18.0. The summed E-state index contributed by atoms with van der Waals surface area (Å²) in [5.41, 5.74) is -0.0125. The molecule has 1 amide bonds. The Bertz CT molecular complexity index is 829. The Morgan fingerprint density at radius 2 is 2.00 bits per heavy atom. The molecule has 0 radical (unpaired) electrons. The molecule has 0 fully saturated rings. The van der Waals surface area contributed by atoms with E-state index >= 15 is 0 Å². The summed E-state index contributed by atoms with van der Waals surface area (Å²) in [5.74, 6) is -0.619. The summed E-state index contributed by atoms with van der Waals surface area (Å²) < 4.78 is 29.1. The number of amides is 1. The number of esters is 1. The fraction of sp³-hybridized carbons (Fsp3) is 0.222. The number of fused-ring (bicyclic) bond motifs is 1. The second-order valence-electron chi connectivity index (χ2n) is 5.50. The summed E-state index contributed by atoms with van der Waals surface area (Å²) >= 11 is 5.77. The molecule has 1 aliphatic rings. The third-order valence-electron chi connectivity index (χ3n) is 3.58. The van der Waals surface area contributed by atoms with Gasteiger partial charge in [0.15, 0.2) is 18.1 Å². The number of hydrogen-bond donors (Lipinski definition) is 1. The lowest BCUT2D eigenvalue weighted by atomic mass is 10.2. The Kier molecular flexibility index (Phi) is 5.58. The van der Waals surface area contributed by atoms with Crippen molar-refractivity contribution in [1.29, 1.82) is 0 Å². The van der Waals surface area contributed by atoms with E-state index in [1.54, 1.807) is 12.1 Å². The summed E-state index contributed by atoms with van der Waals surface area (Å²) in [7, 11) is 0. The lowest BCUT2D eigenvalue weighted by Crippen LogP contribution is -2.42. The summed E-state index contributed by atoms with van der Waals surface area (Å²) in [6.07, 6.45) is -0.351. The Hall–Kier alpha value is -2.80. The van der Waals surface area contributed by atoms with Crippen LogP contribution in [0.1, 0.15) is 10.4 Å². The molecular formula is C18H15ClFNO5. The Morgan fingerprint density at radius 1 is 1.23 bits per heavy atom. The topological polar surface area (TPSA) is 73.9 Å². The van der Waals surface area contributed by atoms with E-state index < -0.39 is 24.3 Å². The molecule has 2 aromatic carbocycles. The maximum Gasteiger partial charge on any atom is 0.340 e. The van der Waals surface area contributed by atoms with Gasteiger partial charge < -0.3 is 19.5 Å². The molecule has 3 rings (SSSR count). The zero-order chi connectivity index (χ0) is 18.5. The van der Waals surface area contributed by atoms with Crippen LogP contribution in [0.25, 0.3) is 0 Å². The minimum Gasteiger partial charge on any atom is -0.486 e. The summed E-state index contributed by atoms with van der Waals surface area (Å²) in [4.78, 5) is 23.7. The van der Waals surface area contributed by atoms with E-state index in [2.05, 4.69) is 5.32 Å². The van der Waals surface area contributed by atoms with Crippen molar-refractivity contribution < 1.29 is 28.2 Å². The van der Waals surface area contributed by atoms with E-state index in [4.69, 9.17) is 25.8 Å². The highest BCUT2D eigenvalue weighted by atomic mass is 35.5. The van der Waals surface area contributed by atoms with Crippen molar-refractivity contribution in [1.82, 2.24) is 5.32 Å². The average Bonchev–Trinajstić information content (AvgIpc) is 2.64. The monoisotopic (exact) mass is 379 g/mol. The average molecular weight is 380 g/mol. The van der Waals surface area contributed by atoms with Gasteiger partial charge in [0.05, 0.1) is 17.1 Å². The number of benzene rings is 2. The minimum atomic E-state index is -0.809. The first-order valence-corrected chi connectivity index (χ1v) is 8.18. The highest BCUT2D eigenvalue weighted by Gasteiger charge is 2.21. The molecule has 0 saturated carbocycles. The van der Waals surface area contributed by atoms with Crippen molar-refractivity contribution in [2.45, 2.75) is 6.10 Å². The molecule has 2 aromatic rings.